The Morgan fingerprint density at radius 1 is 1.16 bits per heavy atom. The lowest BCUT2D eigenvalue weighted by Gasteiger charge is -2.18. The van der Waals surface area contributed by atoms with Crippen molar-refractivity contribution < 1.29 is 23.5 Å². The van der Waals surface area contributed by atoms with E-state index in [1.807, 2.05) is 0 Å². The summed E-state index contributed by atoms with van der Waals surface area (Å²) in [5.41, 5.74) is 6.89. The molecular weight excluding hydrogens is 327 g/mol. The van der Waals surface area contributed by atoms with Crippen LogP contribution < -0.4 is 15.8 Å². The van der Waals surface area contributed by atoms with E-state index in [0.717, 1.165) is 0 Å². The molecule has 1 amide bonds. The van der Waals surface area contributed by atoms with Crippen molar-refractivity contribution in [2.45, 2.75) is 12.5 Å². The summed E-state index contributed by atoms with van der Waals surface area (Å²) in [4.78, 5) is 24.6. The fourth-order valence-corrected chi connectivity index (χ4v) is 2.38. The number of esters is 1. The number of halogens is 1. The first kappa shape index (κ1) is 18.3. The molecule has 0 bridgehead atoms. The van der Waals surface area contributed by atoms with Gasteiger partial charge in [-0.1, -0.05) is 18.2 Å². The number of anilines is 1. The Labute approximate surface area is 144 Å². The lowest BCUT2D eigenvalue weighted by molar-refractivity contribution is -0.142. The molecular formula is C18H19FN2O4. The lowest BCUT2D eigenvalue weighted by Crippen LogP contribution is -2.43. The summed E-state index contributed by atoms with van der Waals surface area (Å²) >= 11 is 0. The van der Waals surface area contributed by atoms with Gasteiger partial charge in [-0.2, -0.15) is 0 Å². The van der Waals surface area contributed by atoms with Crippen LogP contribution in [0, 0.1) is 5.82 Å². The quantitative estimate of drug-likeness (QED) is 0.616. The highest BCUT2D eigenvalue weighted by Gasteiger charge is 2.25. The summed E-state index contributed by atoms with van der Waals surface area (Å²) in [5, 5.41) is 2.60. The van der Waals surface area contributed by atoms with Crippen LogP contribution in [-0.4, -0.2) is 32.1 Å². The second kappa shape index (κ2) is 8.14. The van der Waals surface area contributed by atoms with E-state index >= 15 is 0 Å². The van der Waals surface area contributed by atoms with Gasteiger partial charge in [-0.05, 0) is 29.8 Å². The summed E-state index contributed by atoms with van der Waals surface area (Å²) in [5.74, 6) is -1.27. The Morgan fingerprint density at radius 3 is 2.44 bits per heavy atom. The summed E-state index contributed by atoms with van der Waals surface area (Å²) in [6.07, 6.45) is 0.147. The molecule has 1 unspecified atom stereocenters. The molecule has 25 heavy (non-hydrogen) atoms. The molecule has 0 aromatic heterocycles. The number of carbonyl (C=O) groups is 2. The van der Waals surface area contributed by atoms with Crippen molar-refractivity contribution in [1.29, 1.82) is 0 Å². The van der Waals surface area contributed by atoms with Crippen LogP contribution in [0.4, 0.5) is 10.1 Å². The predicted octanol–water partition coefficient (Wildman–Crippen LogP) is 1.93. The van der Waals surface area contributed by atoms with Gasteiger partial charge in [-0.25, -0.2) is 9.18 Å². The fraction of sp³-hybridized carbons (Fsp3) is 0.222. The third kappa shape index (κ3) is 4.47. The van der Waals surface area contributed by atoms with Crippen molar-refractivity contribution in [3.63, 3.8) is 0 Å². The minimum atomic E-state index is -0.952. The average molecular weight is 346 g/mol. The Morgan fingerprint density at radius 2 is 1.84 bits per heavy atom. The molecule has 0 aliphatic heterocycles. The molecule has 0 radical (unpaired) electrons. The minimum Gasteiger partial charge on any atom is -0.496 e. The van der Waals surface area contributed by atoms with Crippen LogP contribution in [-0.2, 0) is 16.0 Å². The smallest absolute Gasteiger partial charge is 0.328 e. The largest absolute Gasteiger partial charge is 0.496 e. The number of nitrogen functional groups attached to an aromatic ring is 1. The maximum absolute atomic E-state index is 13.0. The fourth-order valence-electron chi connectivity index (χ4n) is 2.38. The van der Waals surface area contributed by atoms with Gasteiger partial charge in [0, 0.05) is 12.1 Å². The molecule has 0 fully saturated rings. The Kier molecular flexibility index (Phi) is 5.94. The van der Waals surface area contributed by atoms with Crippen LogP contribution in [0.15, 0.2) is 42.5 Å². The first-order valence-electron chi connectivity index (χ1n) is 7.52. The molecule has 0 heterocycles. The van der Waals surface area contributed by atoms with E-state index in [2.05, 4.69) is 5.32 Å². The molecule has 3 N–H and O–H groups in total. The molecule has 0 saturated carbocycles. The van der Waals surface area contributed by atoms with Crippen LogP contribution in [0.2, 0.25) is 0 Å². The minimum absolute atomic E-state index is 0.137. The van der Waals surface area contributed by atoms with Gasteiger partial charge in [0.2, 0.25) is 0 Å². The lowest BCUT2D eigenvalue weighted by atomic mass is 10.0. The van der Waals surface area contributed by atoms with Gasteiger partial charge in [0.1, 0.15) is 23.2 Å². The van der Waals surface area contributed by atoms with E-state index < -0.39 is 17.9 Å². The van der Waals surface area contributed by atoms with E-state index in [1.165, 1.54) is 38.5 Å². The number of nitrogens with one attached hydrogen (secondary N) is 1. The van der Waals surface area contributed by atoms with Gasteiger partial charge in [0.05, 0.1) is 14.2 Å². The van der Waals surface area contributed by atoms with Gasteiger partial charge in [0.15, 0.2) is 0 Å². The van der Waals surface area contributed by atoms with E-state index in [4.69, 9.17) is 15.2 Å². The molecule has 2 aromatic rings. The Balaban J connectivity index is 2.24. The molecule has 2 rings (SSSR count). The Hall–Kier alpha value is -3.09. The topological polar surface area (TPSA) is 90.7 Å². The molecule has 6 nitrogen and oxygen atoms in total. The van der Waals surface area contributed by atoms with Crippen molar-refractivity contribution in [1.82, 2.24) is 5.32 Å². The first-order chi connectivity index (χ1) is 12.0. The highest BCUT2D eigenvalue weighted by molar-refractivity contribution is 6.03. The van der Waals surface area contributed by atoms with E-state index in [9.17, 15) is 14.0 Å². The number of ether oxygens (including phenoxy) is 2. The van der Waals surface area contributed by atoms with E-state index in [1.54, 1.807) is 18.2 Å². The Bertz CT molecular complexity index is 762. The molecule has 0 saturated heterocycles. The van der Waals surface area contributed by atoms with Gasteiger partial charge in [-0.15, -0.1) is 0 Å². The molecule has 0 spiro atoms. The third-order valence-electron chi connectivity index (χ3n) is 3.65. The van der Waals surface area contributed by atoms with Gasteiger partial charge in [0.25, 0.3) is 5.91 Å². The normalized spacial score (nSPS) is 11.5. The van der Waals surface area contributed by atoms with Crippen molar-refractivity contribution in [2.24, 2.45) is 0 Å². The van der Waals surface area contributed by atoms with E-state index in [-0.39, 0.29) is 23.5 Å². The molecule has 132 valence electrons. The number of benzene rings is 2. The monoisotopic (exact) mass is 346 g/mol. The van der Waals surface area contributed by atoms with Gasteiger partial charge < -0.3 is 20.5 Å². The summed E-state index contributed by atoms with van der Waals surface area (Å²) in [6, 6.07) is 9.49. The van der Waals surface area contributed by atoms with Gasteiger partial charge in [-0.3, -0.25) is 4.79 Å². The summed E-state index contributed by atoms with van der Waals surface area (Å²) < 4.78 is 22.9. The van der Waals surface area contributed by atoms with Crippen LogP contribution >= 0.6 is 0 Å². The van der Waals surface area contributed by atoms with Crippen molar-refractivity contribution in [3.8, 4) is 5.75 Å². The zero-order valence-corrected chi connectivity index (χ0v) is 13.9. The molecule has 7 heteroatoms. The molecule has 2 aromatic carbocycles. The van der Waals surface area contributed by atoms with E-state index in [0.29, 0.717) is 11.3 Å². The van der Waals surface area contributed by atoms with Crippen LogP contribution in [0.1, 0.15) is 15.9 Å². The number of rotatable bonds is 6. The van der Waals surface area contributed by atoms with Crippen LogP contribution in [0.5, 0.6) is 5.75 Å². The maximum Gasteiger partial charge on any atom is 0.328 e. The predicted molar refractivity (Wildman–Crippen MR) is 90.8 cm³/mol. The number of hydrogen-bond donors (Lipinski definition) is 2. The highest BCUT2D eigenvalue weighted by Crippen LogP contribution is 2.24. The SMILES string of the molecule is COC(=O)C(Cc1ccc(F)cc1)NC(=O)c1c(N)cccc1OC. The van der Waals surface area contributed by atoms with Crippen LogP contribution in [0.25, 0.3) is 0 Å². The van der Waals surface area contributed by atoms with Crippen molar-refractivity contribution >= 4 is 17.6 Å². The standard InChI is InChI=1S/C18H19FN2O4/c1-24-15-5-3-4-13(20)16(15)17(22)21-14(18(23)25-2)10-11-6-8-12(19)9-7-11/h3-9,14H,10,20H2,1-2H3,(H,21,22). The zero-order chi connectivity index (χ0) is 18.4. The first-order valence-corrected chi connectivity index (χ1v) is 7.52. The molecule has 0 aliphatic carbocycles. The van der Waals surface area contributed by atoms with Crippen molar-refractivity contribution in [2.75, 3.05) is 20.0 Å². The zero-order valence-electron chi connectivity index (χ0n) is 13.9. The van der Waals surface area contributed by atoms with Gasteiger partial charge >= 0.3 is 5.97 Å². The summed E-state index contributed by atoms with van der Waals surface area (Å²) in [6.45, 7) is 0. The number of nitrogens with two attached hydrogens (primary N) is 1. The number of amides is 1. The maximum atomic E-state index is 13.0. The number of carbonyl (C=O) groups excluding carboxylic acids is 2. The molecule has 0 aliphatic rings. The molecule has 1 atom stereocenters. The summed E-state index contributed by atoms with van der Waals surface area (Å²) in [7, 11) is 2.64. The van der Waals surface area contributed by atoms with Crippen molar-refractivity contribution in [3.05, 3.63) is 59.4 Å². The number of methoxy groups -OCH3 is 2. The number of hydrogen-bond acceptors (Lipinski definition) is 5. The van der Waals surface area contributed by atoms with Crippen LogP contribution in [0.3, 0.4) is 0 Å². The highest BCUT2D eigenvalue weighted by atomic mass is 19.1. The second-order valence-electron chi connectivity index (χ2n) is 5.30. The average Bonchev–Trinajstić information content (AvgIpc) is 2.61. The second-order valence-corrected chi connectivity index (χ2v) is 5.30. The third-order valence-corrected chi connectivity index (χ3v) is 3.65.